The van der Waals surface area contributed by atoms with Gasteiger partial charge in [-0.2, -0.15) is 0 Å². The molecule has 0 saturated heterocycles. The van der Waals surface area contributed by atoms with Crippen LogP contribution in [0.2, 0.25) is 4.44 Å². The first-order valence-corrected chi connectivity index (χ1v) is 9.61. The molecule has 65 valence electrons. The van der Waals surface area contributed by atoms with Crippen LogP contribution in [0.25, 0.3) is 0 Å². The second kappa shape index (κ2) is 11.6. The zero-order valence-corrected chi connectivity index (χ0v) is 14.1. The molecule has 0 saturated carbocycles. The molecule has 0 aliphatic rings. The maximum absolute atomic E-state index is 5.29. The Balaban J connectivity index is 2.69. The van der Waals surface area contributed by atoms with Crippen LogP contribution in [0.1, 0.15) is 45.4 Å². The Morgan fingerprint density at radius 2 is 1.73 bits per heavy atom. The Labute approximate surface area is 95.1 Å². The van der Waals surface area contributed by atoms with E-state index in [1.807, 2.05) is 0 Å². The summed E-state index contributed by atoms with van der Waals surface area (Å²) in [4.78, 5) is 0. The first-order chi connectivity index (χ1) is 5.41. The summed E-state index contributed by atoms with van der Waals surface area (Å²) in [7, 11) is 0. The van der Waals surface area contributed by atoms with Crippen molar-refractivity contribution in [1.29, 1.82) is 0 Å². The van der Waals surface area contributed by atoms with Crippen LogP contribution in [-0.4, -0.2) is 44.5 Å². The minimum absolute atomic E-state index is 0.449. The van der Waals surface area contributed by atoms with Crippen molar-refractivity contribution in [2.24, 2.45) is 0 Å². The summed E-state index contributed by atoms with van der Waals surface area (Å²) in [6.07, 6.45) is 8.60. The Hall–Kier alpha value is 1.56. The van der Waals surface area contributed by atoms with Crippen molar-refractivity contribution in [2.75, 3.05) is 0 Å². The van der Waals surface area contributed by atoms with Gasteiger partial charge in [0.1, 0.15) is 0 Å². The molecule has 0 aromatic heterocycles. The quantitative estimate of drug-likeness (QED) is 0.470. The van der Waals surface area contributed by atoms with Gasteiger partial charge in [0.2, 0.25) is 0 Å². The van der Waals surface area contributed by atoms with Crippen molar-refractivity contribution in [3.8, 4) is 0 Å². The van der Waals surface area contributed by atoms with E-state index >= 15 is 0 Å². The first kappa shape index (κ1) is 12.6. The van der Waals surface area contributed by atoms with Crippen molar-refractivity contribution >= 4 is 44.5 Å². The molecule has 0 aromatic carbocycles. The molecule has 0 rings (SSSR count). The summed E-state index contributed by atoms with van der Waals surface area (Å²) >= 11 is 0.601. The maximum atomic E-state index is 5.29. The topological polar surface area (TPSA) is 9.23 Å². The Kier molecular flexibility index (Phi) is 13.2. The van der Waals surface area contributed by atoms with Crippen LogP contribution in [0.3, 0.4) is 0 Å². The van der Waals surface area contributed by atoms with E-state index in [9.17, 15) is 0 Å². The molecule has 0 aliphatic carbocycles. The van der Waals surface area contributed by atoms with E-state index in [4.69, 9.17) is 1.41 Å². The van der Waals surface area contributed by atoms with Gasteiger partial charge in [-0.05, 0) is 0 Å². The predicted molar refractivity (Wildman–Crippen MR) is 53.6 cm³/mol. The van der Waals surface area contributed by atoms with E-state index in [0.717, 1.165) is 22.9 Å². The molecule has 0 amide bonds. The van der Waals surface area contributed by atoms with Crippen LogP contribution in [0.5, 0.6) is 0 Å². The summed E-state index contributed by atoms with van der Waals surface area (Å²) in [5.41, 5.74) is 0. The van der Waals surface area contributed by atoms with E-state index in [1.54, 1.807) is 0 Å². The van der Waals surface area contributed by atoms with Crippen LogP contribution in [0.15, 0.2) is 0 Å². The van der Waals surface area contributed by atoms with E-state index in [1.165, 1.54) is 43.0 Å². The summed E-state index contributed by atoms with van der Waals surface area (Å²) < 4.78 is 6.75. The van der Waals surface area contributed by atoms with Crippen molar-refractivity contribution in [3.05, 3.63) is 0 Å². The minimum atomic E-state index is -0.449. The Morgan fingerprint density at radius 3 is 2.36 bits per heavy atom. The van der Waals surface area contributed by atoms with Gasteiger partial charge in [0.15, 0.2) is 0 Å². The fourth-order valence-corrected chi connectivity index (χ4v) is 5.37. The van der Waals surface area contributed by atoms with Gasteiger partial charge in [0, 0.05) is 0 Å². The predicted octanol–water partition coefficient (Wildman–Crippen LogP) is 1.95. The van der Waals surface area contributed by atoms with Gasteiger partial charge in [0.25, 0.3) is 0 Å². The zero-order valence-electron chi connectivity index (χ0n) is 7.51. The summed E-state index contributed by atoms with van der Waals surface area (Å²) in [6.45, 7) is 2.27. The summed E-state index contributed by atoms with van der Waals surface area (Å²) in [5, 5.41) is 0. The van der Waals surface area contributed by atoms with Gasteiger partial charge in [-0.25, -0.2) is 0 Å². The number of rotatable bonds is 8. The second-order valence-electron chi connectivity index (χ2n) is 2.86. The van der Waals surface area contributed by atoms with Gasteiger partial charge >= 0.3 is 95.8 Å². The first-order valence-electron chi connectivity index (χ1n) is 4.59. The summed E-state index contributed by atoms with van der Waals surface area (Å²) in [6, 6.07) is 0. The average Bonchev–Trinajstić information content (AvgIpc) is 2.03. The standard InChI is InChI=1S/C8H17.O.2Sn.2H/c1-3-5-7-8-6-4-2;;;;;/h1,3-8H2,2H3;;;;;. The van der Waals surface area contributed by atoms with E-state index in [2.05, 4.69) is 6.92 Å². The van der Waals surface area contributed by atoms with Gasteiger partial charge in [0.05, 0.1) is 0 Å². The molecule has 0 aliphatic heterocycles. The van der Waals surface area contributed by atoms with Crippen LogP contribution < -0.4 is 0 Å². The Bertz CT molecular complexity index is 61.1. The molecule has 11 heavy (non-hydrogen) atoms. The van der Waals surface area contributed by atoms with Gasteiger partial charge < -0.3 is 0 Å². The molecule has 0 N–H and O–H groups in total. The molecule has 1 nitrogen and oxygen atoms in total. The van der Waals surface area contributed by atoms with Gasteiger partial charge in [-0.3, -0.25) is 0 Å². The number of hydrogen-bond acceptors (Lipinski definition) is 1. The monoisotopic (exact) mass is 371 g/mol. The molecule has 0 fully saturated rings. The Morgan fingerprint density at radius 1 is 1.09 bits per heavy atom. The molecular weight excluding hydrogens is 350 g/mol. The van der Waals surface area contributed by atoms with E-state index in [-0.39, 0.29) is 0 Å². The molecule has 0 spiro atoms. The summed E-state index contributed by atoms with van der Waals surface area (Å²) in [5.74, 6) is 0. The number of unbranched alkanes of at least 4 members (excludes halogenated alkanes) is 5. The van der Waals surface area contributed by atoms with Crippen molar-refractivity contribution in [2.45, 2.75) is 49.9 Å². The average molecular weight is 369 g/mol. The third kappa shape index (κ3) is 11.6. The SMILES string of the molecule is CCCCCCC[CH2][SnH][O][SnH]. The molecule has 0 bridgehead atoms. The third-order valence-corrected chi connectivity index (χ3v) is 7.84. The van der Waals surface area contributed by atoms with Crippen molar-refractivity contribution in [1.82, 2.24) is 0 Å². The molecule has 3 radical (unpaired) electrons. The van der Waals surface area contributed by atoms with E-state index < -0.39 is 21.6 Å². The van der Waals surface area contributed by atoms with Gasteiger partial charge in [-0.15, -0.1) is 0 Å². The normalized spacial score (nSPS) is 10.4. The van der Waals surface area contributed by atoms with Crippen LogP contribution in [-0.2, 0) is 1.41 Å². The fraction of sp³-hybridized carbons (Fsp3) is 1.00. The molecular formula is C8H19OSn2. The zero-order chi connectivity index (χ0) is 8.36. The molecule has 0 unspecified atom stereocenters. The van der Waals surface area contributed by atoms with Crippen LogP contribution >= 0.6 is 0 Å². The van der Waals surface area contributed by atoms with Crippen LogP contribution in [0, 0.1) is 0 Å². The van der Waals surface area contributed by atoms with E-state index in [0.29, 0.717) is 0 Å². The third-order valence-electron chi connectivity index (χ3n) is 1.77. The molecule has 3 heteroatoms. The van der Waals surface area contributed by atoms with Gasteiger partial charge in [-0.1, -0.05) is 0 Å². The van der Waals surface area contributed by atoms with Crippen molar-refractivity contribution < 1.29 is 1.41 Å². The molecule has 0 atom stereocenters. The molecule has 0 heterocycles. The fourth-order valence-electron chi connectivity index (χ4n) is 1.08. The second-order valence-corrected chi connectivity index (χ2v) is 11.4. The van der Waals surface area contributed by atoms with Crippen LogP contribution in [0.4, 0.5) is 0 Å². The number of hydrogen-bond donors (Lipinski definition) is 0. The van der Waals surface area contributed by atoms with Crippen molar-refractivity contribution in [3.63, 3.8) is 0 Å². The molecule has 0 aromatic rings.